The molecule has 0 spiro atoms. The van der Waals surface area contributed by atoms with E-state index in [0.717, 1.165) is 44.7 Å². The van der Waals surface area contributed by atoms with Crippen molar-refractivity contribution in [2.45, 2.75) is 40.5 Å². The van der Waals surface area contributed by atoms with E-state index in [1.807, 2.05) is 13.8 Å². The second-order valence-corrected chi connectivity index (χ2v) is 6.48. The highest BCUT2D eigenvalue weighted by molar-refractivity contribution is 5.94. The van der Waals surface area contributed by atoms with Crippen LogP contribution in [0.5, 0.6) is 0 Å². The van der Waals surface area contributed by atoms with Gasteiger partial charge in [-0.1, -0.05) is 11.6 Å². The molecule has 0 radical (unpaired) electrons. The predicted octanol–water partition coefficient (Wildman–Crippen LogP) is 2.50. The Morgan fingerprint density at radius 3 is 2.70 bits per heavy atom. The number of carbonyl (C=O) groups excluding carboxylic acids is 1. The lowest BCUT2D eigenvalue weighted by Crippen LogP contribution is -2.39. The number of nitrogens with one attached hydrogen (secondary N) is 1. The van der Waals surface area contributed by atoms with E-state index in [-0.39, 0.29) is 5.91 Å². The molecule has 0 aliphatic carbocycles. The molecule has 1 N–H and O–H groups in total. The van der Waals surface area contributed by atoms with Gasteiger partial charge in [0, 0.05) is 19.3 Å². The zero-order chi connectivity index (χ0) is 16.8. The first-order valence-electron chi connectivity index (χ1n) is 8.42. The molecule has 1 aliphatic rings. The molecule has 1 amide bonds. The zero-order valence-corrected chi connectivity index (χ0v) is 14.7. The van der Waals surface area contributed by atoms with Crippen LogP contribution in [-0.4, -0.2) is 47.0 Å². The number of nitrogens with zero attached hydrogens (tertiary/aromatic N) is 3. The lowest BCUT2D eigenvalue weighted by atomic mass is 9.96. The summed E-state index contributed by atoms with van der Waals surface area (Å²) in [7, 11) is 0. The number of likely N-dealkylation sites (tertiary alicyclic amines) is 1. The van der Waals surface area contributed by atoms with Gasteiger partial charge >= 0.3 is 0 Å². The van der Waals surface area contributed by atoms with Crippen LogP contribution in [0.3, 0.4) is 0 Å². The second kappa shape index (κ2) is 8.20. The Morgan fingerprint density at radius 2 is 2.09 bits per heavy atom. The van der Waals surface area contributed by atoms with Gasteiger partial charge in [-0.2, -0.15) is 0 Å². The fourth-order valence-corrected chi connectivity index (χ4v) is 2.93. The normalized spacial score (nSPS) is 17.3. The number of allylic oxidation sites excluding steroid dienone is 1. The first-order chi connectivity index (χ1) is 11.0. The number of carbonyl (C=O) groups is 1. The largest absolute Gasteiger partial charge is 0.352 e. The molecule has 5 heteroatoms. The fraction of sp³-hybridized carbons (Fsp3) is 0.611. The maximum Gasteiger partial charge on any atom is 0.254 e. The molecule has 23 heavy (non-hydrogen) atoms. The number of amides is 1. The highest BCUT2D eigenvalue weighted by Gasteiger charge is 2.20. The standard InChI is InChI=1S/C18H28N4O/c1-5-13(2)12-22-8-6-16(7-9-22)10-20-18(23)17-11-19-15(4)21-14(17)3/h5,11,16H,6-10,12H2,1-4H3,(H,20,23)/b13-5+. The summed E-state index contributed by atoms with van der Waals surface area (Å²) in [4.78, 5) is 23.1. The first-order valence-corrected chi connectivity index (χ1v) is 8.42. The van der Waals surface area contributed by atoms with E-state index in [9.17, 15) is 4.79 Å². The SMILES string of the molecule is C/C=C(\C)CN1CCC(CNC(=O)c2cnc(C)nc2C)CC1. The predicted molar refractivity (Wildman–Crippen MR) is 92.4 cm³/mol. The Morgan fingerprint density at radius 1 is 1.39 bits per heavy atom. The maximum absolute atomic E-state index is 12.3. The lowest BCUT2D eigenvalue weighted by Gasteiger charge is -2.32. The van der Waals surface area contributed by atoms with Gasteiger partial charge in [-0.05, 0) is 59.5 Å². The van der Waals surface area contributed by atoms with Gasteiger partial charge in [0.25, 0.3) is 5.91 Å². The molecule has 2 heterocycles. The molecule has 1 aromatic rings. The fourth-order valence-electron chi connectivity index (χ4n) is 2.93. The Hall–Kier alpha value is -1.75. The minimum atomic E-state index is -0.0605. The smallest absolute Gasteiger partial charge is 0.254 e. The van der Waals surface area contributed by atoms with Crippen LogP contribution in [0, 0.1) is 19.8 Å². The summed E-state index contributed by atoms with van der Waals surface area (Å²) in [5.74, 6) is 1.20. The Labute approximate surface area is 139 Å². The van der Waals surface area contributed by atoms with Crippen LogP contribution in [0.2, 0.25) is 0 Å². The third-order valence-corrected chi connectivity index (χ3v) is 4.57. The van der Waals surface area contributed by atoms with Crippen LogP contribution in [0.25, 0.3) is 0 Å². The lowest BCUT2D eigenvalue weighted by molar-refractivity contribution is 0.0936. The van der Waals surface area contributed by atoms with E-state index in [1.165, 1.54) is 5.57 Å². The van der Waals surface area contributed by atoms with Crippen LogP contribution in [0.1, 0.15) is 48.6 Å². The van der Waals surface area contributed by atoms with Crippen LogP contribution in [-0.2, 0) is 0 Å². The average Bonchev–Trinajstić information content (AvgIpc) is 2.53. The minimum absolute atomic E-state index is 0.0605. The van der Waals surface area contributed by atoms with Crippen molar-refractivity contribution in [2.24, 2.45) is 5.92 Å². The Bertz CT molecular complexity index is 574. The topological polar surface area (TPSA) is 58.1 Å². The minimum Gasteiger partial charge on any atom is -0.352 e. The molecule has 0 unspecified atom stereocenters. The Kier molecular flexibility index (Phi) is 6.28. The van der Waals surface area contributed by atoms with E-state index < -0.39 is 0 Å². The van der Waals surface area contributed by atoms with E-state index in [0.29, 0.717) is 17.3 Å². The van der Waals surface area contributed by atoms with Gasteiger partial charge < -0.3 is 5.32 Å². The van der Waals surface area contributed by atoms with E-state index >= 15 is 0 Å². The van der Waals surface area contributed by atoms with Gasteiger partial charge in [0.05, 0.1) is 11.3 Å². The zero-order valence-electron chi connectivity index (χ0n) is 14.7. The Balaban J connectivity index is 1.78. The van der Waals surface area contributed by atoms with E-state index in [1.54, 1.807) is 6.20 Å². The van der Waals surface area contributed by atoms with Crippen LogP contribution in [0.15, 0.2) is 17.8 Å². The number of hydrogen-bond donors (Lipinski definition) is 1. The summed E-state index contributed by atoms with van der Waals surface area (Å²) < 4.78 is 0. The van der Waals surface area contributed by atoms with Gasteiger partial charge in [0.2, 0.25) is 0 Å². The summed E-state index contributed by atoms with van der Waals surface area (Å²) in [6.07, 6.45) is 6.08. The molecular weight excluding hydrogens is 288 g/mol. The number of hydrogen-bond acceptors (Lipinski definition) is 4. The van der Waals surface area contributed by atoms with Gasteiger partial charge in [-0.3, -0.25) is 9.69 Å². The van der Waals surface area contributed by atoms with Gasteiger partial charge in [0.15, 0.2) is 0 Å². The number of piperidine rings is 1. The van der Waals surface area contributed by atoms with E-state index in [2.05, 4.69) is 40.1 Å². The molecule has 0 aromatic carbocycles. The quantitative estimate of drug-likeness (QED) is 0.848. The molecule has 1 fully saturated rings. The molecule has 0 bridgehead atoms. The number of aryl methyl sites for hydroxylation is 2. The van der Waals surface area contributed by atoms with Crippen LogP contribution in [0.4, 0.5) is 0 Å². The first kappa shape index (κ1) is 17.6. The third kappa shape index (κ3) is 5.13. The van der Waals surface area contributed by atoms with Crippen molar-refractivity contribution in [1.29, 1.82) is 0 Å². The van der Waals surface area contributed by atoms with Gasteiger partial charge in [0.1, 0.15) is 5.82 Å². The summed E-state index contributed by atoms with van der Waals surface area (Å²) in [6, 6.07) is 0. The van der Waals surface area contributed by atoms with E-state index in [4.69, 9.17) is 0 Å². The molecule has 0 atom stereocenters. The molecular formula is C18H28N4O. The van der Waals surface area contributed by atoms with Crippen molar-refractivity contribution in [3.63, 3.8) is 0 Å². The average molecular weight is 316 g/mol. The number of rotatable bonds is 5. The maximum atomic E-state index is 12.3. The molecule has 1 aliphatic heterocycles. The second-order valence-electron chi connectivity index (χ2n) is 6.48. The molecule has 2 rings (SSSR count). The monoisotopic (exact) mass is 316 g/mol. The highest BCUT2D eigenvalue weighted by atomic mass is 16.1. The molecule has 1 aromatic heterocycles. The van der Waals surface area contributed by atoms with Crippen molar-refractivity contribution in [2.75, 3.05) is 26.2 Å². The molecule has 1 saturated heterocycles. The van der Waals surface area contributed by atoms with Gasteiger partial charge in [-0.15, -0.1) is 0 Å². The van der Waals surface area contributed by atoms with Crippen LogP contribution >= 0.6 is 0 Å². The van der Waals surface area contributed by atoms with Crippen LogP contribution < -0.4 is 5.32 Å². The summed E-state index contributed by atoms with van der Waals surface area (Å²) in [6.45, 7) is 12.0. The van der Waals surface area contributed by atoms with Gasteiger partial charge in [-0.25, -0.2) is 9.97 Å². The number of aromatic nitrogens is 2. The molecule has 5 nitrogen and oxygen atoms in total. The summed E-state index contributed by atoms with van der Waals surface area (Å²) in [5, 5.41) is 3.05. The molecule has 126 valence electrons. The van der Waals surface area contributed by atoms with Crippen molar-refractivity contribution in [3.8, 4) is 0 Å². The van der Waals surface area contributed by atoms with Crippen molar-refractivity contribution in [3.05, 3.63) is 34.9 Å². The van der Waals surface area contributed by atoms with Crippen molar-refractivity contribution < 1.29 is 4.79 Å². The summed E-state index contributed by atoms with van der Waals surface area (Å²) in [5.41, 5.74) is 2.75. The molecule has 0 saturated carbocycles. The van der Waals surface area contributed by atoms with Crippen molar-refractivity contribution >= 4 is 5.91 Å². The van der Waals surface area contributed by atoms with Crippen molar-refractivity contribution in [1.82, 2.24) is 20.2 Å². The highest BCUT2D eigenvalue weighted by Crippen LogP contribution is 2.17. The summed E-state index contributed by atoms with van der Waals surface area (Å²) >= 11 is 0. The third-order valence-electron chi connectivity index (χ3n) is 4.57.